The van der Waals surface area contributed by atoms with Crippen LogP contribution in [0, 0.1) is 0 Å². The zero-order valence-electron chi connectivity index (χ0n) is 28.1. The van der Waals surface area contributed by atoms with Crippen LogP contribution in [0.5, 0.6) is 5.75 Å². The van der Waals surface area contributed by atoms with E-state index in [1.807, 2.05) is 109 Å². The molecule has 2 aliphatic heterocycles. The highest BCUT2D eigenvalue weighted by Crippen LogP contribution is 2.47. The highest BCUT2D eigenvalue weighted by Gasteiger charge is 2.54. The van der Waals surface area contributed by atoms with Gasteiger partial charge in [0.2, 0.25) is 5.91 Å². The van der Waals surface area contributed by atoms with Gasteiger partial charge in [-0.1, -0.05) is 133 Å². The van der Waals surface area contributed by atoms with Crippen molar-refractivity contribution in [2.45, 2.75) is 24.4 Å². The van der Waals surface area contributed by atoms with Crippen molar-refractivity contribution in [1.82, 2.24) is 10.2 Å². The lowest BCUT2D eigenvalue weighted by Gasteiger charge is -2.49. The van der Waals surface area contributed by atoms with Crippen molar-refractivity contribution in [2.24, 2.45) is 0 Å². The Morgan fingerprint density at radius 3 is 1.82 bits per heavy atom. The number of hydrogen-bond donors (Lipinski definition) is 1. The van der Waals surface area contributed by atoms with Gasteiger partial charge in [-0.05, 0) is 57.4 Å². The number of carbonyl (C=O) groups is 3. The van der Waals surface area contributed by atoms with Gasteiger partial charge in [0.25, 0.3) is 5.91 Å². The Morgan fingerprint density at radius 2 is 1.29 bits per heavy atom. The molecule has 0 saturated carbocycles. The average molecular weight is 713 g/mol. The minimum atomic E-state index is -2.53. The summed E-state index contributed by atoms with van der Waals surface area (Å²) >= 11 is 1.54. The van der Waals surface area contributed by atoms with Crippen LogP contribution in [-0.4, -0.2) is 52.8 Å². The van der Waals surface area contributed by atoms with E-state index in [9.17, 15) is 14.4 Å². The standard InChI is InChI=1S/C42H37N2O5PS/c1-48-33-24-22-31(23-25-33)27-49-42(47)39-32(29-51-41-38(40(46)44(39)41)43-37(45)26-30-14-6-2-7-15-30)28-50(34-16-8-3-9-17-34,35-18-10-4-11-19-35)36-20-12-5-13-21-36/h2-25,28,38,41H,26-27,29H2,1H3,(H,43,45)/t38?,41-/m0/s1. The van der Waals surface area contributed by atoms with Crippen molar-refractivity contribution < 1.29 is 23.9 Å². The van der Waals surface area contributed by atoms with Gasteiger partial charge < -0.3 is 14.8 Å². The highest BCUT2D eigenvalue weighted by molar-refractivity contribution is 8.00. The number of benzene rings is 5. The summed E-state index contributed by atoms with van der Waals surface area (Å²) in [6.45, 7) is -2.51. The molecule has 1 unspecified atom stereocenters. The van der Waals surface area contributed by atoms with E-state index in [4.69, 9.17) is 9.47 Å². The zero-order chi connectivity index (χ0) is 35.2. The second-order valence-electron chi connectivity index (χ2n) is 12.3. The predicted molar refractivity (Wildman–Crippen MR) is 206 cm³/mol. The Morgan fingerprint density at radius 1 is 0.765 bits per heavy atom. The van der Waals surface area contributed by atoms with Crippen LogP contribution in [0.25, 0.3) is 0 Å². The molecule has 2 atom stereocenters. The number of fused-ring (bicyclic) bond motifs is 1. The van der Waals surface area contributed by atoms with Gasteiger partial charge in [-0.2, -0.15) is 0 Å². The van der Waals surface area contributed by atoms with E-state index in [2.05, 4.69) is 47.5 Å². The Hall–Kier alpha value is -5.30. The fourth-order valence-corrected chi connectivity index (χ4v) is 11.9. The molecule has 2 amide bonds. The number of thioether (sulfide) groups is 1. The molecule has 256 valence electrons. The van der Waals surface area contributed by atoms with Crippen LogP contribution >= 0.6 is 18.6 Å². The number of amides is 2. The molecule has 0 bridgehead atoms. The molecule has 5 aromatic carbocycles. The first-order valence-corrected chi connectivity index (χ1v) is 19.6. The van der Waals surface area contributed by atoms with E-state index in [1.165, 1.54) is 4.90 Å². The number of esters is 1. The van der Waals surface area contributed by atoms with Crippen LogP contribution in [0.4, 0.5) is 0 Å². The number of rotatable bonds is 11. The van der Waals surface area contributed by atoms with Crippen molar-refractivity contribution >= 4 is 58.1 Å². The van der Waals surface area contributed by atoms with E-state index in [0.29, 0.717) is 11.5 Å². The van der Waals surface area contributed by atoms with Crippen LogP contribution in [-0.2, 0) is 32.1 Å². The van der Waals surface area contributed by atoms with Crippen LogP contribution in [0.3, 0.4) is 0 Å². The maximum absolute atomic E-state index is 14.3. The molecule has 0 spiro atoms. The van der Waals surface area contributed by atoms with E-state index in [-0.39, 0.29) is 30.5 Å². The van der Waals surface area contributed by atoms with E-state index in [1.54, 1.807) is 18.9 Å². The average Bonchev–Trinajstić information content (AvgIpc) is 3.19. The molecule has 2 heterocycles. The highest BCUT2D eigenvalue weighted by atomic mass is 32.2. The molecule has 0 aliphatic carbocycles. The molecule has 1 fully saturated rings. The van der Waals surface area contributed by atoms with Gasteiger partial charge in [0.15, 0.2) is 0 Å². The lowest BCUT2D eigenvalue weighted by Crippen LogP contribution is -2.70. The summed E-state index contributed by atoms with van der Waals surface area (Å²) in [5.41, 5.74) is 2.59. The van der Waals surface area contributed by atoms with E-state index < -0.39 is 24.3 Å². The monoisotopic (exact) mass is 712 g/mol. The Balaban J connectivity index is 1.33. The van der Waals surface area contributed by atoms with Gasteiger partial charge in [-0.25, -0.2) is 4.79 Å². The van der Waals surface area contributed by atoms with Gasteiger partial charge in [0.1, 0.15) is 29.5 Å². The predicted octanol–water partition coefficient (Wildman–Crippen LogP) is 5.43. The number of hydrogen-bond acceptors (Lipinski definition) is 6. The van der Waals surface area contributed by atoms with Gasteiger partial charge in [0.05, 0.1) is 13.5 Å². The Labute approximate surface area is 302 Å². The maximum atomic E-state index is 14.3. The first-order valence-electron chi connectivity index (χ1n) is 16.7. The number of nitrogens with one attached hydrogen (secondary N) is 1. The first-order chi connectivity index (χ1) is 25.0. The lowest BCUT2D eigenvalue weighted by atomic mass is 10.0. The van der Waals surface area contributed by atoms with E-state index in [0.717, 1.165) is 32.6 Å². The molecular weight excluding hydrogens is 676 g/mol. The molecule has 7 nitrogen and oxygen atoms in total. The zero-order valence-corrected chi connectivity index (χ0v) is 29.8. The Bertz CT molecular complexity index is 2000. The largest absolute Gasteiger partial charge is 0.497 e. The van der Waals surface area contributed by atoms with Crippen molar-refractivity contribution in [3.05, 3.63) is 168 Å². The van der Waals surface area contributed by atoms with Crippen LogP contribution in [0.15, 0.2) is 157 Å². The smallest absolute Gasteiger partial charge is 0.355 e. The number of carbonyl (C=O) groups excluding carboxylic acids is 3. The second-order valence-corrected chi connectivity index (χ2v) is 16.6. The number of ether oxygens (including phenoxy) is 2. The molecular formula is C42H37N2O5PS. The van der Waals surface area contributed by atoms with E-state index >= 15 is 0 Å². The SMILES string of the molecule is COc1ccc(COC(=O)C2=C(C=P(c3ccccc3)(c3ccccc3)c3ccccc3)CS[C@H]3C(NC(=O)Cc4ccccc4)C(=O)N23)cc1. The molecule has 0 radical (unpaired) electrons. The number of nitrogens with zero attached hydrogens (tertiary/aromatic N) is 1. The lowest BCUT2D eigenvalue weighted by molar-refractivity contribution is -0.153. The first kappa shape index (κ1) is 34.2. The van der Waals surface area contributed by atoms with Gasteiger partial charge in [-0.15, -0.1) is 11.8 Å². The normalized spacial score (nSPS) is 16.8. The summed E-state index contributed by atoms with van der Waals surface area (Å²) in [5, 5.41) is 5.85. The minimum absolute atomic E-state index is 0.0209. The maximum Gasteiger partial charge on any atom is 0.355 e. The molecule has 1 N–H and O–H groups in total. The van der Waals surface area contributed by atoms with Crippen molar-refractivity contribution in [2.75, 3.05) is 12.9 Å². The summed E-state index contributed by atoms with van der Waals surface area (Å²) in [4.78, 5) is 42.9. The third-order valence-electron chi connectivity index (χ3n) is 9.08. The third-order valence-corrected chi connectivity index (χ3v) is 14.4. The summed E-state index contributed by atoms with van der Waals surface area (Å²) < 4.78 is 11.2. The number of β-lactam (4-membered cyclic amide) rings is 1. The third kappa shape index (κ3) is 7.03. The van der Waals surface area contributed by atoms with Crippen molar-refractivity contribution in [1.29, 1.82) is 0 Å². The number of methoxy groups -OCH3 is 1. The molecule has 7 rings (SSSR count). The fourth-order valence-electron chi connectivity index (χ4n) is 6.57. The molecule has 1 saturated heterocycles. The second kappa shape index (κ2) is 15.3. The van der Waals surface area contributed by atoms with Gasteiger partial charge in [-0.3, -0.25) is 14.5 Å². The fraction of sp³-hybridized carbons (Fsp3) is 0.143. The van der Waals surface area contributed by atoms with Crippen molar-refractivity contribution in [3.8, 4) is 5.75 Å². The molecule has 2 aliphatic rings. The van der Waals surface area contributed by atoms with Crippen LogP contribution < -0.4 is 26.0 Å². The topological polar surface area (TPSA) is 84.9 Å². The van der Waals surface area contributed by atoms with Crippen molar-refractivity contribution in [3.63, 3.8) is 0 Å². The Kier molecular flexibility index (Phi) is 10.2. The summed E-state index contributed by atoms with van der Waals surface area (Å²) in [7, 11) is 1.60. The molecule has 9 heteroatoms. The summed E-state index contributed by atoms with van der Waals surface area (Å²) in [5.74, 6) is 2.21. The quantitative estimate of drug-likeness (QED) is 0.112. The van der Waals surface area contributed by atoms with Gasteiger partial charge in [0, 0.05) is 5.75 Å². The summed E-state index contributed by atoms with van der Waals surface area (Å²) in [6.07, 6.45) is 0.159. The van der Waals surface area contributed by atoms with Crippen LogP contribution in [0.2, 0.25) is 0 Å². The van der Waals surface area contributed by atoms with Gasteiger partial charge >= 0.3 is 5.97 Å². The molecule has 5 aromatic rings. The van der Waals surface area contributed by atoms with Crippen LogP contribution in [0.1, 0.15) is 11.1 Å². The molecule has 51 heavy (non-hydrogen) atoms. The molecule has 0 aromatic heterocycles. The minimum Gasteiger partial charge on any atom is -0.497 e. The summed E-state index contributed by atoms with van der Waals surface area (Å²) in [6, 6.07) is 47.0.